The summed E-state index contributed by atoms with van der Waals surface area (Å²) in [7, 11) is 0. The molecule has 0 bridgehead atoms. The van der Waals surface area contributed by atoms with Crippen molar-refractivity contribution < 1.29 is 4.79 Å². The molecule has 0 saturated heterocycles. The summed E-state index contributed by atoms with van der Waals surface area (Å²) in [6, 6.07) is 22.7. The van der Waals surface area contributed by atoms with Gasteiger partial charge in [0, 0.05) is 22.8 Å². The highest BCUT2D eigenvalue weighted by Crippen LogP contribution is 2.25. The Balaban J connectivity index is 1.98. The molecule has 134 valence electrons. The Morgan fingerprint density at radius 1 is 1.07 bits per heavy atom. The summed E-state index contributed by atoms with van der Waals surface area (Å²) >= 11 is 0. The number of aryl methyl sites for hydroxylation is 1. The van der Waals surface area contributed by atoms with Crippen molar-refractivity contribution in [3.8, 4) is 11.1 Å². The zero-order valence-corrected chi connectivity index (χ0v) is 15.1. The maximum atomic E-state index is 11.5. The van der Waals surface area contributed by atoms with Gasteiger partial charge in [0.25, 0.3) is 0 Å². The van der Waals surface area contributed by atoms with Gasteiger partial charge >= 0.3 is 0 Å². The molecule has 0 radical (unpaired) electrons. The summed E-state index contributed by atoms with van der Waals surface area (Å²) in [6.45, 7) is 2.80. The summed E-state index contributed by atoms with van der Waals surface area (Å²) in [4.78, 5) is 14.0. The molecule has 0 N–H and O–H groups in total. The highest BCUT2D eigenvalue weighted by molar-refractivity contribution is 5.92. The molecule has 5 heteroatoms. The average Bonchev–Trinajstić information content (AvgIpc) is 3.09. The topological polar surface area (TPSA) is 70.8 Å². The molecule has 1 heterocycles. The van der Waals surface area contributed by atoms with E-state index in [-0.39, 0.29) is 0 Å². The van der Waals surface area contributed by atoms with Gasteiger partial charge in [-0.15, -0.1) is 0 Å². The van der Waals surface area contributed by atoms with Crippen molar-refractivity contribution in [3.63, 3.8) is 0 Å². The van der Waals surface area contributed by atoms with Crippen molar-refractivity contribution in [3.05, 3.63) is 100 Å². The van der Waals surface area contributed by atoms with Gasteiger partial charge in [0.1, 0.15) is 0 Å². The Morgan fingerprint density at radius 3 is 2.56 bits per heavy atom. The first kappa shape index (κ1) is 18.2. The van der Waals surface area contributed by atoms with Crippen LogP contribution in [-0.2, 0) is 17.8 Å². The van der Waals surface area contributed by atoms with Gasteiger partial charge in [-0.2, -0.15) is 0 Å². The maximum absolute atomic E-state index is 11.5. The van der Waals surface area contributed by atoms with Gasteiger partial charge in [-0.25, -0.2) is 0 Å². The Morgan fingerprint density at radius 2 is 1.81 bits per heavy atom. The smallest absolute Gasteiger partial charge is 0.242 e. The van der Waals surface area contributed by atoms with Gasteiger partial charge in [0.2, 0.25) is 5.91 Å². The van der Waals surface area contributed by atoms with E-state index in [0.29, 0.717) is 6.54 Å². The summed E-state index contributed by atoms with van der Waals surface area (Å²) in [5.74, 6) is -0.604. The largest absolute Gasteiger partial charge is 0.341 e. The molecule has 0 fully saturated rings. The third kappa shape index (κ3) is 4.35. The Labute approximate surface area is 158 Å². The van der Waals surface area contributed by atoms with Crippen molar-refractivity contribution >= 4 is 12.0 Å². The number of benzene rings is 2. The van der Waals surface area contributed by atoms with Crippen LogP contribution in [0.1, 0.15) is 23.9 Å². The molecular formula is C22H20N4O. The highest BCUT2D eigenvalue weighted by atomic mass is 16.1. The number of hydrogen-bond donors (Lipinski definition) is 0. The second kappa shape index (κ2) is 8.70. The predicted octanol–water partition coefficient (Wildman–Crippen LogP) is 5.62. The molecule has 3 rings (SSSR count). The predicted molar refractivity (Wildman–Crippen MR) is 108 cm³/mol. The lowest BCUT2D eigenvalue weighted by atomic mass is 9.99. The number of azide groups is 1. The van der Waals surface area contributed by atoms with Crippen molar-refractivity contribution in [2.24, 2.45) is 5.11 Å². The van der Waals surface area contributed by atoms with Crippen LogP contribution in [0.25, 0.3) is 27.6 Å². The molecule has 0 aliphatic heterocycles. The minimum atomic E-state index is -0.604. The van der Waals surface area contributed by atoms with Crippen molar-refractivity contribution in [2.45, 2.75) is 19.9 Å². The van der Waals surface area contributed by atoms with Crippen LogP contribution in [0.15, 0.2) is 77.9 Å². The third-order valence-corrected chi connectivity index (χ3v) is 4.44. The molecule has 0 unspecified atom stereocenters. The standard InChI is InChI=1S/C22H20N4O/c1-2-19-12-13-20(14-15-22(27)24-25-23)26(19)16-18-10-6-7-11-21(18)17-8-4-3-5-9-17/h3-15H,2,16H2,1H3. The van der Waals surface area contributed by atoms with Gasteiger partial charge in [-0.3, -0.25) is 4.79 Å². The number of nitrogens with zero attached hydrogens (tertiary/aromatic N) is 4. The molecule has 27 heavy (non-hydrogen) atoms. The zero-order chi connectivity index (χ0) is 19.1. The SMILES string of the molecule is CCc1ccc(C=CC(=O)N=[N+]=[N-])n1Cc1ccccc1-c1ccccc1. The molecule has 0 spiro atoms. The second-order valence-corrected chi connectivity index (χ2v) is 6.07. The number of carbonyl (C=O) groups is 1. The van der Waals surface area contributed by atoms with Gasteiger partial charge in [0.15, 0.2) is 0 Å². The minimum absolute atomic E-state index is 0.604. The molecule has 1 amide bonds. The summed E-state index contributed by atoms with van der Waals surface area (Å²) in [5.41, 5.74) is 14.0. The molecule has 2 aromatic carbocycles. The first-order valence-corrected chi connectivity index (χ1v) is 8.81. The molecular weight excluding hydrogens is 336 g/mol. The third-order valence-electron chi connectivity index (χ3n) is 4.44. The van der Waals surface area contributed by atoms with Crippen LogP contribution in [0.2, 0.25) is 0 Å². The van der Waals surface area contributed by atoms with Crippen LogP contribution >= 0.6 is 0 Å². The van der Waals surface area contributed by atoms with Crippen LogP contribution in [0.3, 0.4) is 0 Å². The molecule has 5 nitrogen and oxygen atoms in total. The van der Waals surface area contributed by atoms with E-state index in [1.54, 1.807) is 6.08 Å². The number of amides is 1. The fourth-order valence-corrected chi connectivity index (χ4v) is 3.14. The lowest BCUT2D eigenvalue weighted by molar-refractivity contribution is -0.113. The van der Waals surface area contributed by atoms with Gasteiger partial charge < -0.3 is 4.57 Å². The fourth-order valence-electron chi connectivity index (χ4n) is 3.14. The number of aromatic nitrogens is 1. The van der Waals surface area contributed by atoms with E-state index >= 15 is 0 Å². The van der Waals surface area contributed by atoms with Gasteiger partial charge in [0.05, 0.1) is 0 Å². The maximum Gasteiger partial charge on any atom is 0.242 e. The first-order valence-electron chi connectivity index (χ1n) is 8.81. The van der Waals surface area contributed by atoms with Gasteiger partial charge in [-0.1, -0.05) is 61.5 Å². The molecule has 0 aliphatic carbocycles. The highest BCUT2D eigenvalue weighted by Gasteiger charge is 2.10. The van der Waals surface area contributed by atoms with E-state index in [2.05, 4.69) is 51.8 Å². The molecule has 0 aliphatic rings. The van der Waals surface area contributed by atoms with E-state index in [1.807, 2.05) is 36.4 Å². The van der Waals surface area contributed by atoms with E-state index in [9.17, 15) is 4.79 Å². The molecule has 3 aromatic rings. The summed E-state index contributed by atoms with van der Waals surface area (Å²) in [6.07, 6.45) is 3.88. The zero-order valence-electron chi connectivity index (χ0n) is 15.1. The van der Waals surface area contributed by atoms with Crippen LogP contribution in [0.5, 0.6) is 0 Å². The number of hydrogen-bond acceptors (Lipinski definition) is 1. The van der Waals surface area contributed by atoms with E-state index in [4.69, 9.17) is 5.53 Å². The molecule has 1 aromatic heterocycles. The van der Waals surface area contributed by atoms with Crippen molar-refractivity contribution in [1.29, 1.82) is 0 Å². The van der Waals surface area contributed by atoms with Crippen LogP contribution in [0, 0.1) is 0 Å². The minimum Gasteiger partial charge on any atom is -0.341 e. The quantitative estimate of drug-likeness (QED) is 0.245. The average molecular weight is 356 g/mol. The lowest BCUT2D eigenvalue weighted by Crippen LogP contribution is -2.07. The van der Waals surface area contributed by atoms with E-state index < -0.39 is 5.91 Å². The van der Waals surface area contributed by atoms with Gasteiger partial charge in [-0.05, 0) is 58.0 Å². The monoisotopic (exact) mass is 356 g/mol. The van der Waals surface area contributed by atoms with Crippen LogP contribution < -0.4 is 0 Å². The number of carbonyl (C=O) groups excluding carboxylic acids is 1. The Bertz CT molecular complexity index is 1010. The van der Waals surface area contributed by atoms with Crippen LogP contribution in [-0.4, -0.2) is 10.5 Å². The summed E-state index contributed by atoms with van der Waals surface area (Å²) < 4.78 is 2.18. The lowest BCUT2D eigenvalue weighted by Gasteiger charge is -2.15. The van der Waals surface area contributed by atoms with Crippen molar-refractivity contribution in [2.75, 3.05) is 0 Å². The van der Waals surface area contributed by atoms with E-state index in [0.717, 1.165) is 12.1 Å². The molecule has 0 saturated carbocycles. The van der Waals surface area contributed by atoms with Crippen molar-refractivity contribution in [1.82, 2.24) is 4.57 Å². The number of rotatable bonds is 6. The van der Waals surface area contributed by atoms with E-state index in [1.165, 1.54) is 28.5 Å². The van der Waals surface area contributed by atoms with Crippen LogP contribution in [0.4, 0.5) is 0 Å². The Hall–Kier alpha value is -3.56. The normalized spacial score (nSPS) is 10.7. The summed E-state index contributed by atoms with van der Waals surface area (Å²) in [5, 5.41) is 3.08. The Kier molecular flexibility index (Phi) is 5.87. The second-order valence-electron chi connectivity index (χ2n) is 6.07. The fraction of sp³-hybridized carbons (Fsp3) is 0.136. The first-order chi connectivity index (χ1) is 13.2. The molecule has 0 atom stereocenters.